The van der Waals surface area contributed by atoms with Gasteiger partial charge in [0, 0.05) is 11.1 Å². The Kier molecular flexibility index (Phi) is 4.15. The van der Waals surface area contributed by atoms with Crippen molar-refractivity contribution < 1.29 is 31.4 Å². The molecule has 118 valence electrons. The van der Waals surface area contributed by atoms with Gasteiger partial charge >= 0.3 is 12.4 Å². The maximum atomic E-state index is 13.0. The Balaban J connectivity index is 2.72. The standard InChI is InChI=1S/C14H9F6NO/c15-13(16,17)10-4-2-1-3-9(10)12-8(7-22)5-6-11(21-12)14(18,19)20/h1-6,22H,7H2. The summed E-state index contributed by atoms with van der Waals surface area (Å²) in [5.74, 6) is 0. The van der Waals surface area contributed by atoms with E-state index in [1.807, 2.05) is 0 Å². The van der Waals surface area contributed by atoms with E-state index in [4.69, 9.17) is 5.11 Å². The second kappa shape index (κ2) is 5.60. The summed E-state index contributed by atoms with van der Waals surface area (Å²) in [5.41, 5.74) is -3.60. The zero-order valence-corrected chi connectivity index (χ0v) is 10.8. The number of pyridine rings is 1. The second-order valence-corrected chi connectivity index (χ2v) is 4.40. The van der Waals surface area contributed by atoms with Crippen LogP contribution in [0, 0.1) is 0 Å². The fourth-order valence-corrected chi connectivity index (χ4v) is 1.94. The average Bonchev–Trinajstić information content (AvgIpc) is 2.44. The average molecular weight is 321 g/mol. The van der Waals surface area contributed by atoms with Crippen molar-refractivity contribution in [2.45, 2.75) is 19.0 Å². The molecule has 2 nitrogen and oxygen atoms in total. The van der Waals surface area contributed by atoms with Crippen LogP contribution < -0.4 is 0 Å². The molecule has 0 aliphatic rings. The number of halogens is 6. The second-order valence-electron chi connectivity index (χ2n) is 4.40. The van der Waals surface area contributed by atoms with Crippen LogP contribution in [0.4, 0.5) is 26.3 Å². The minimum atomic E-state index is -4.80. The fraction of sp³-hybridized carbons (Fsp3) is 0.214. The predicted octanol–water partition coefficient (Wildman–Crippen LogP) is 4.28. The number of benzene rings is 1. The van der Waals surface area contributed by atoms with Crippen LogP contribution in [0.1, 0.15) is 16.8 Å². The number of aromatic nitrogens is 1. The van der Waals surface area contributed by atoms with E-state index >= 15 is 0 Å². The van der Waals surface area contributed by atoms with E-state index in [-0.39, 0.29) is 5.56 Å². The lowest BCUT2D eigenvalue weighted by Crippen LogP contribution is -2.12. The van der Waals surface area contributed by atoms with Gasteiger partial charge in [-0.15, -0.1) is 0 Å². The first-order valence-corrected chi connectivity index (χ1v) is 5.99. The molecule has 0 radical (unpaired) electrons. The number of alkyl halides is 6. The highest BCUT2D eigenvalue weighted by atomic mass is 19.4. The van der Waals surface area contributed by atoms with Gasteiger partial charge < -0.3 is 5.11 Å². The summed E-state index contributed by atoms with van der Waals surface area (Å²) in [6.07, 6.45) is -9.55. The van der Waals surface area contributed by atoms with Crippen molar-refractivity contribution in [2.24, 2.45) is 0 Å². The monoisotopic (exact) mass is 321 g/mol. The van der Waals surface area contributed by atoms with Crippen molar-refractivity contribution >= 4 is 0 Å². The largest absolute Gasteiger partial charge is 0.433 e. The number of hydrogen-bond acceptors (Lipinski definition) is 2. The third kappa shape index (κ3) is 3.22. The minimum absolute atomic E-state index is 0.121. The number of aliphatic hydroxyl groups is 1. The Morgan fingerprint density at radius 2 is 1.50 bits per heavy atom. The molecule has 0 unspecified atom stereocenters. The highest BCUT2D eigenvalue weighted by Gasteiger charge is 2.36. The van der Waals surface area contributed by atoms with Crippen molar-refractivity contribution in [3.63, 3.8) is 0 Å². The van der Waals surface area contributed by atoms with Gasteiger partial charge in [-0.25, -0.2) is 4.98 Å². The molecule has 0 amide bonds. The Morgan fingerprint density at radius 3 is 2.05 bits per heavy atom. The van der Waals surface area contributed by atoms with Gasteiger partial charge in [-0.1, -0.05) is 24.3 Å². The molecule has 2 rings (SSSR count). The van der Waals surface area contributed by atoms with Crippen molar-refractivity contribution in [3.05, 3.63) is 53.2 Å². The molecule has 0 aliphatic heterocycles. The van der Waals surface area contributed by atoms with E-state index in [0.717, 1.165) is 24.3 Å². The molecule has 0 saturated carbocycles. The normalized spacial score (nSPS) is 12.5. The van der Waals surface area contributed by atoms with Crippen LogP contribution >= 0.6 is 0 Å². The molecule has 0 atom stereocenters. The SMILES string of the molecule is OCc1ccc(C(F)(F)F)nc1-c1ccccc1C(F)(F)F. The van der Waals surface area contributed by atoms with Gasteiger partial charge in [0.1, 0.15) is 5.69 Å². The summed E-state index contributed by atoms with van der Waals surface area (Å²) in [4.78, 5) is 3.27. The van der Waals surface area contributed by atoms with E-state index < -0.39 is 41.5 Å². The molecule has 1 heterocycles. The Hall–Kier alpha value is -2.09. The summed E-state index contributed by atoms with van der Waals surface area (Å²) < 4.78 is 77.1. The van der Waals surface area contributed by atoms with Crippen molar-refractivity contribution in [1.29, 1.82) is 0 Å². The molecule has 1 N–H and O–H groups in total. The van der Waals surface area contributed by atoms with Gasteiger partial charge in [0.05, 0.1) is 17.9 Å². The van der Waals surface area contributed by atoms with Crippen molar-refractivity contribution in [2.75, 3.05) is 0 Å². The first kappa shape index (κ1) is 16.3. The quantitative estimate of drug-likeness (QED) is 0.838. The first-order chi connectivity index (χ1) is 10.1. The molecule has 0 saturated heterocycles. The van der Waals surface area contributed by atoms with E-state index in [1.54, 1.807) is 0 Å². The van der Waals surface area contributed by atoms with Gasteiger partial charge in [0.25, 0.3) is 0 Å². The number of aliphatic hydroxyl groups excluding tert-OH is 1. The molecule has 1 aromatic heterocycles. The molecule has 0 fully saturated rings. The summed E-state index contributed by atoms with van der Waals surface area (Å²) in [7, 11) is 0. The van der Waals surface area contributed by atoms with E-state index in [2.05, 4.69) is 4.98 Å². The molecule has 2 aromatic rings. The number of rotatable bonds is 2. The molecular weight excluding hydrogens is 312 g/mol. The highest BCUT2D eigenvalue weighted by Crippen LogP contribution is 2.38. The molecule has 1 aromatic carbocycles. The maximum Gasteiger partial charge on any atom is 0.433 e. The molecular formula is C14H9F6NO. The fourth-order valence-electron chi connectivity index (χ4n) is 1.94. The summed E-state index contributed by atoms with van der Waals surface area (Å²) in [5, 5.41) is 9.16. The topological polar surface area (TPSA) is 33.1 Å². The van der Waals surface area contributed by atoms with Crippen molar-refractivity contribution in [3.8, 4) is 11.3 Å². The zero-order valence-electron chi connectivity index (χ0n) is 10.8. The summed E-state index contributed by atoms with van der Waals surface area (Å²) in [6, 6.07) is 5.68. The Morgan fingerprint density at radius 1 is 0.864 bits per heavy atom. The van der Waals surface area contributed by atoms with Crippen LogP contribution in [-0.4, -0.2) is 10.1 Å². The van der Waals surface area contributed by atoms with Gasteiger partial charge in [-0.3, -0.25) is 0 Å². The third-order valence-electron chi connectivity index (χ3n) is 2.93. The van der Waals surface area contributed by atoms with Crippen molar-refractivity contribution in [1.82, 2.24) is 4.98 Å². The van der Waals surface area contributed by atoms with E-state index in [9.17, 15) is 26.3 Å². The lowest BCUT2D eigenvalue weighted by molar-refractivity contribution is -0.141. The third-order valence-corrected chi connectivity index (χ3v) is 2.93. The molecule has 0 aliphatic carbocycles. The molecule has 0 bridgehead atoms. The van der Waals surface area contributed by atoms with E-state index in [0.29, 0.717) is 6.07 Å². The number of nitrogens with zero attached hydrogens (tertiary/aromatic N) is 1. The van der Waals surface area contributed by atoms with Gasteiger partial charge in [-0.05, 0) is 12.1 Å². The lowest BCUT2D eigenvalue weighted by atomic mass is 9.99. The number of hydrogen-bond donors (Lipinski definition) is 1. The molecule has 0 spiro atoms. The van der Waals surface area contributed by atoms with Crippen LogP contribution in [0.25, 0.3) is 11.3 Å². The molecule has 8 heteroatoms. The van der Waals surface area contributed by atoms with Crippen LogP contribution in [0.5, 0.6) is 0 Å². The minimum Gasteiger partial charge on any atom is -0.392 e. The van der Waals surface area contributed by atoms with Crippen LogP contribution in [0.2, 0.25) is 0 Å². The molecule has 22 heavy (non-hydrogen) atoms. The lowest BCUT2D eigenvalue weighted by Gasteiger charge is -2.16. The highest BCUT2D eigenvalue weighted by molar-refractivity contribution is 5.68. The van der Waals surface area contributed by atoms with Crippen LogP contribution in [0.15, 0.2) is 36.4 Å². The van der Waals surface area contributed by atoms with Crippen LogP contribution in [-0.2, 0) is 19.0 Å². The van der Waals surface area contributed by atoms with Gasteiger partial charge in [0.15, 0.2) is 0 Å². The smallest absolute Gasteiger partial charge is 0.392 e. The Bertz CT molecular complexity index is 678. The Labute approximate surface area is 121 Å². The first-order valence-electron chi connectivity index (χ1n) is 5.99. The maximum absolute atomic E-state index is 13.0. The summed E-state index contributed by atoms with van der Waals surface area (Å²) >= 11 is 0. The summed E-state index contributed by atoms with van der Waals surface area (Å²) in [6.45, 7) is -0.730. The van der Waals surface area contributed by atoms with Gasteiger partial charge in [-0.2, -0.15) is 26.3 Å². The van der Waals surface area contributed by atoms with Crippen LogP contribution in [0.3, 0.4) is 0 Å². The zero-order chi connectivity index (χ0) is 16.5. The van der Waals surface area contributed by atoms with Gasteiger partial charge in [0.2, 0.25) is 0 Å². The predicted molar refractivity (Wildman–Crippen MR) is 65.6 cm³/mol. The van der Waals surface area contributed by atoms with E-state index in [1.165, 1.54) is 6.07 Å².